The molecular formula is C11H12BrNO4. The minimum atomic E-state index is -0.458. The summed E-state index contributed by atoms with van der Waals surface area (Å²) in [5, 5.41) is 0. The molecule has 17 heavy (non-hydrogen) atoms. The van der Waals surface area contributed by atoms with Crippen LogP contribution < -0.4 is 4.74 Å². The van der Waals surface area contributed by atoms with E-state index >= 15 is 0 Å². The molecule has 0 aliphatic heterocycles. The lowest BCUT2D eigenvalue weighted by Gasteiger charge is -2.11. The van der Waals surface area contributed by atoms with Crippen molar-refractivity contribution in [3.63, 3.8) is 0 Å². The third-order valence-corrected chi connectivity index (χ3v) is 2.35. The maximum Gasteiger partial charge on any atom is 0.308 e. The maximum absolute atomic E-state index is 11.0. The van der Waals surface area contributed by atoms with Gasteiger partial charge in [0.15, 0.2) is 5.75 Å². The number of aryl methyl sites for hydroxylation is 1. The van der Waals surface area contributed by atoms with Crippen LogP contribution in [-0.4, -0.2) is 16.9 Å². The standard InChI is InChI=1S/C11H12BrNO4/c1-6-4-9(5-16-7(2)14)10(11(12)13-6)17-8(3)15/h4H,5H2,1-3H3. The van der Waals surface area contributed by atoms with E-state index in [1.807, 2.05) is 0 Å². The van der Waals surface area contributed by atoms with Crippen molar-refractivity contribution in [2.24, 2.45) is 0 Å². The first kappa shape index (κ1) is 13.6. The van der Waals surface area contributed by atoms with Crippen molar-refractivity contribution in [3.8, 4) is 5.75 Å². The Hall–Kier alpha value is -1.43. The molecule has 0 aliphatic rings. The van der Waals surface area contributed by atoms with E-state index < -0.39 is 11.9 Å². The van der Waals surface area contributed by atoms with Crippen LogP contribution in [0.25, 0.3) is 0 Å². The van der Waals surface area contributed by atoms with Crippen molar-refractivity contribution in [1.82, 2.24) is 4.98 Å². The monoisotopic (exact) mass is 301 g/mol. The summed E-state index contributed by atoms with van der Waals surface area (Å²) >= 11 is 3.20. The zero-order chi connectivity index (χ0) is 13.0. The Morgan fingerprint density at radius 2 is 2.00 bits per heavy atom. The van der Waals surface area contributed by atoms with E-state index in [0.717, 1.165) is 5.69 Å². The van der Waals surface area contributed by atoms with E-state index in [1.165, 1.54) is 13.8 Å². The SMILES string of the molecule is CC(=O)OCc1cc(C)nc(Br)c1OC(C)=O. The number of pyridine rings is 1. The summed E-state index contributed by atoms with van der Waals surface area (Å²) in [5.41, 5.74) is 1.32. The van der Waals surface area contributed by atoms with Gasteiger partial charge in [-0.15, -0.1) is 0 Å². The number of nitrogens with zero attached hydrogens (tertiary/aromatic N) is 1. The average Bonchev–Trinajstić information content (AvgIpc) is 2.18. The number of esters is 2. The largest absolute Gasteiger partial charge is 0.461 e. The number of rotatable bonds is 3. The van der Waals surface area contributed by atoms with Crippen molar-refractivity contribution < 1.29 is 19.1 Å². The van der Waals surface area contributed by atoms with Crippen LogP contribution in [0.15, 0.2) is 10.7 Å². The van der Waals surface area contributed by atoms with Gasteiger partial charge >= 0.3 is 11.9 Å². The number of carbonyl (C=O) groups excluding carboxylic acids is 2. The van der Waals surface area contributed by atoms with Gasteiger partial charge in [-0.1, -0.05) is 0 Å². The topological polar surface area (TPSA) is 65.5 Å². The van der Waals surface area contributed by atoms with E-state index in [4.69, 9.17) is 9.47 Å². The van der Waals surface area contributed by atoms with Gasteiger partial charge in [-0.3, -0.25) is 9.59 Å². The van der Waals surface area contributed by atoms with Crippen LogP contribution in [0.4, 0.5) is 0 Å². The van der Waals surface area contributed by atoms with Crippen LogP contribution >= 0.6 is 15.9 Å². The quantitative estimate of drug-likeness (QED) is 0.632. The lowest BCUT2D eigenvalue weighted by atomic mass is 10.2. The molecule has 0 saturated heterocycles. The molecule has 6 heteroatoms. The van der Waals surface area contributed by atoms with Crippen LogP contribution in [0.1, 0.15) is 25.1 Å². The molecule has 0 bridgehead atoms. The Balaban J connectivity index is 3.06. The van der Waals surface area contributed by atoms with Gasteiger partial charge in [0.05, 0.1) is 0 Å². The van der Waals surface area contributed by atoms with E-state index in [-0.39, 0.29) is 12.4 Å². The van der Waals surface area contributed by atoms with Gasteiger partial charge in [0.1, 0.15) is 11.2 Å². The summed E-state index contributed by atoms with van der Waals surface area (Å²) in [6.45, 7) is 4.44. The van der Waals surface area contributed by atoms with Crippen molar-refractivity contribution >= 4 is 27.9 Å². The summed E-state index contributed by atoms with van der Waals surface area (Å²) in [7, 11) is 0. The van der Waals surface area contributed by atoms with Crippen LogP contribution in [0, 0.1) is 6.92 Å². The number of hydrogen-bond acceptors (Lipinski definition) is 5. The first-order chi connectivity index (χ1) is 7.90. The Morgan fingerprint density at radius 1 is 1.35 bits per heavy atom. The van der Waals surface area contributed by atoms with Gasteiger partial charge in [0.2, 0.25) is 0 Å². The molecule has 0 aromatic carbocycles. The van der Waals surface area contributed by atoms with Crippen molar-refractivity contribution in [1.29, 1.82) is 0 Å². The predicted molar refractivity (Wildman–Crippen MR) is 63.5 cm³/mol. The molecule has 0 atom stereocenters. The minimum Gasteiger partial charge on any atom is -0.461 e. The predicted octanol–water partition coefficient (Wildman–Crippen LogP) is 2.14. The van der Waals surface area contributed by atoms with Crippen molar-refractivity contribution in [3.05, 3.63) is 21.9 Å². The molecule has 0 amide bonds. The average molecular weight is 302 g/mol. The van der Waals surface area contributed by atoms with Crippen LogP contribution in [-0.2, 0) is 20.9 Å². The highest BCUT2D eigenvalue weighted by Gasteiger charge is 2.14. The Bertz CT molecular complexity index is 459. The zero-order valence-corrected chi connectivity index (χ0v) is 11.3. The molecule has 1 aromatic rings. The fourth-order valence-electron chi connectivity index (χ4n) is 1.23. The number of ether oxygens (including phenoxy) is 2. The fourth-order valence-corrected chi connectivity index (χ4v) is 1.84. The van der Waals surface area contributed by atoms with Gasteiger partial charge in [-0.25, -0.2) is 4.98 Å². The maximum atomic E-state index is 11.0. The molecular weight excluding hydrogens is 290 g/mol. The highest BCUT2D eigenvalue weighted by molar-refractivity contribution is 9.10. The lowest BCUT2D eigenvalue weighted by molar-refractivity contribution is -0.142. The molecule has 1 heterocycles. The van der Waals surface area contributed by atoms with Crippen LogP contribution in [0.2, 0.25) is 0 Å². The van der Waals surface area contributed by atoms with Crippen LogP contribution in [0.5, 0.6) is 5.75 Å². The second-order valence-electron chi connectivity index (χ2n) is 3.42. The third kappa shape index (κ3) is 4.14. The van der Waals surface area contributed by atoms with E-state index in [1.54, 1.807) is 13.0 Å². The molecule has 0 radical (unpaired) electrons. The number of hydrogen-bond donors (Lipinski definition) is 0. The molecule has 0 aliphatic carbocycles. The molecule has 92 valence electrons. The Morgan fingerprint density at radius 3 is 2.53 bits per heavy atom. The number of halogens is 1. The molecule has 1 aromatic heterocycles. The van der Waals surface area contributed by atoms with Gasteiger partial charge < -0.3 is 9.47 Å². The first-order valence-electron chi connectivity index (χ1n) is 4.88. The third-order valence-electron chi connectivity index (χ3n) is 1.81. The molecule has 0 fully saturated rings. The normalized spacial score (nSPS) is 9.88. The molecule has 0 spiro atoms. The zero-order valence-electron chi connectivity index (χ0n) is 9.74. The van der Waals surface area contributed by atoms with Crippen molar-refractivity contribution in [2.75, 3.05) is 0 Å². The Labute approximate surface area is 107 Å². The molecule has 1 rings (SSSR count). The van der Waals surface area contributed by atoms with Crippen molar-refractivity contribution in [2.45, 2.75) is 27.4 Å². The summed E-state index contributed by atoms with van der Waals surface area (Å²) in [6, 6.07) is 1.70. The highest BCUT2D eigenvalue weighted by atomic mass is 79.9. The van der Waals surface area contributed by atoms with Crippen LogP contribution in [0.3, 0.4) is 0 Å². The van der Waals surface area contributed by atoms with Gasteiger partial charge in [-0.2, -0.15) is 0 Å². The summed E-state index contributed by atoms with van der Waals surface area (Å²) in [4.78, 5) is 25.8. The molecule has 0 unspecified atom stereocenters. The first-order valence-corrected chi connectivity index (χ1v) is 5.67. The Kier molecular flexibility index (Phi) is 4.62. The molecule has 0 N–H and O–H groups in total. The minimum absolute atomic E-state index is 0.0416. The molecule has 0 saturated carbocycles. The lowest BCUT2D eigenvalue weighted by Crippen LogP contribution is -2.08. The summed E-state index contributed by atoms with van der Waals surface area (Å²) < 4.78 is 10.3. The fraction of sp³-hybridized carbons (Fsp3) is 0.364. The number of carbonyl (C=O) groups is 2. The highest BCUT2D eigenvalue weighted by Crippen LogP contribution is 2.29. The number of aromatic nitrogens is 1. The smallest absolute Gasteiger partial charge is 0.308 e. The molecule has 5 nitrogen and oxygen atoms in total. The summed E-state index contributed by atoms with van der Waals surface area (Å²) in [5.74, 6) is -0.575. The van der Waals surface area contributed by atoms with E-state index in [2.05, 4.69) is 20.9 Å². The van der Waals surface area contributed by atoms with E-state index in [0.29, 0.717) is 10.2 Å². The van der Waals surface area contributed by atoms with Gasteiger partial charge in [0, 0.05) is 25.1 Å². The van der Waals surface area contributed by atoms with Gasteiger partial charge in [0.25, 0.3) is 0 Å². The summed E-state index contributed by atoms with van der Waals surface area (Å²) in [6.07, 6.45) is 0. The van der Waals surface area contributed by atoms with E-state index in [9.17, 15) is 9.59 Å². The second kappa shape index (κ2) is 5.77. The van der Waals surface area contributed by atoms with Gasteiger partial charge in [-0.05, 0) is 28.9 Å². The second-order valence-corrected chi connectivity index (χ2v) is 4.17.